The van der Waals surface area contributed by atoms with Crippen LogP contribution < -0.4 is 0 Å². The average Bonchev–Trinajstić information content (AvgIpc) is 3.26. The van der Waals surface area contributed by atoms with Crippen molar-refractivity contribution in [3.05, 3.63) is 45.0 Å². The van der Waals surface area contributed by atoms with E-state index in [1.807, 2.05) is 31.2 Å². The molecule has 0 amide bonds. The number of carbonyl (C=O) groups is 1. The number of benzene rings is 1. The molecule has 1 aromatic rings. The van der Waals surface area contributed by atoms with E-state index in [0.717, 1.165) is 51.9 Å². The number of ether oxygens (including phenoxy) is 2. The topological polar surface area (TPSA) is 35.5 Å². The summed E-state index contributed by atoms with van der Waals surface area (Å²) in [7, 11) is 0. The highest BCUT2D eigenvalue weighted by molar-refractivity contribution is 14.1. The summed E-state index contributed by atoms with van der Waals surface area (Å²) in [6, 6.07) is 7.54. The minimum Gasteiger partial charge on any atom is -0.432 e. The van der Waals surface area contributed by atoms with Crippen molar-refractivity contribution in [3.8, 4) is 0 Å². The summed E-state index contributed by atoms with van der Waals surface area (Å²) >= 11 is 2.22. The first-order valence-corrected chi connectivity index (χ1v) is 17.4. The lowest BCUT2D eigenvalue weighted by atomic mass is 9.47. The van der Waals surface area contributed by atoms with Crippen molar-refractivity contribution in [1.29, 1.82) is 0 Å². The van der Waals surface area contributed by atoms with Crippen molar-refractivity contribution in [2.45, 2.75) is 125 Å². The second-order valence-corrected chi connectivity index (χ2v) is 16.0. The number of esters is 1. The molecule has 5 rings (SSSR count). The van der Waals surface area contributed by atoms with Crippen LogP contribution in [0, 0.1) is 49.9 Å². The van der Waals surface area contributed by atoms with Crippen LogP contribution in [0.2, 0.25) is 0 Å². The minimum absolute atomic E-state index is 0.131. The van der Waals surface area contributed by atoms with Crippen molar-refractivity contribution in [1.82, 2.24) is 0 Å². The van der Waals surface area contributed by atoms with E-state index in [0.29, 0.717) is 16.4 Å². The lowest BCUT2D eigenvalue weighted by Crippen LogP contribution is -2.51. The van der Waals surface area contributed by atoms with Gasteiger partial charge in [-0.05, 0) is 145 Å². The molecule has 3 saturated carbocycles. The molecule has 3 fully saturated rings. The predicted molar refractivity (Wildman–Crippen MR) is 172 cm³/mol. The molecular formula is C36H53IO3. The molecule has 1 aromatic carbocycles. The highest BCUT2D eigenvalue weighted by Crippen LogP contribution is 2.67. The van der Waals surface area contributed by atoms with E-state index in [-0.39, 0.29) is 12.1 Å². The average molecular weight is 661 g/mol. The van der Waals surface area contributed by atoms with E-state index < -0.39 is 6.29 Å². The fourth-order valence-corrected chi connectivity index (χ4v) is 10.4. The van der Waals surface area contributed by atoms with Gasteiger partial charge in [-0.1, -0.05) is 71.6 Å². The molecule has 222 valence electrons. The van der Waals surface area contributed by atoms with Crippen LogP contribution in [0.3, 0.4) is 0 Å². The minimum atomic E-state index is -0.537. The second kappa shape index (κ2) is 12.4. The Morgan fingerprint density at radius 3 is 2.58 bits per heavy atom. The molecule has 0 aromatic heterocycles. The smallest absolute Gasteiger partial charge is 0.340 e. The van der Waals surface area contributed by atoms with Crippen molar-refractivity contribution >= 4 is 28.6 Å². The Balaban J connectivity index is 1.20. The lowest BCUT2D eigenvalue weighted by Gasteiger charge is -2.58. The van der Waals surface area contributed by atoms with Gasteiger partial charge in [0.2, 0.25) is 6.29 Å². The van der Waals surface area contributed by atoms with Crippen molar-refractivity contribution < 1.29 is 14.3 Å². The summed E-state index contributed by atoms with van der Waals surface area (Å²) in [6.07, 6.45) is 16.6. The highest BCUT2D eigenvalue weighted by Gasteiger charge is 2.59. The van der Waals surface area contributed by atoms with Gasteiger partial charge in [0.1, 0.15) is 0 Å². The van der Waals surface area contributed by atoms with Gasteiger partial charge in [-0.15, -0.1) is 0 Å². The van der Waals surface area contributed by atoms with Crippen molar-refractivity contribution in [3.63, 3.8) is 0 Å². The Morgan fingerprint density at radius 1 is 1.02 bits per heavy atom. The normalized spacial score (nSPS) is 36.7. The molecule has 4 unspecified atom stereocenters. The Kier molecular flexibility index (Phi) is 9.47. The molecule has 0 bridgehead atoms. The lowest BCUT2D eigenvalue weighted by molar-refractivity contribution is -0.143. The molecule has 0 spiro atoms. The van der Waals surface area contributed by atoms with Gasteiger partial charge in [0, 0.05) is 3.57 Å². The molecule has 40 heavy (non-hydrogen) atoms. The van der Waals surface area contributed by atoms with E-state index in [2.05, 4.69) is 63.3 Å². The van der Waals surface area contributed by atoms with Crippen molar-refractivity contribution in [2.24, 2.45) is 46.3 Å². The third-order valence-electron chi connectivity index (χ3n) is 12.0. The summed E-state index contributed by atoms with van der Waals surface area (Å²) in [6.45, 7) is 14.4. The van der Waals surface area contributed by atoms with Gasteiger partial charge in [0.15, 0.2) is 0 Å². The number of halogens is 1. The molecule has 0 heterocycles. The van der Waals surface area contributed by atoms with E-state index in [4.69, 9.17) is 9.47 Å². The van der Waals surface area contributed by atoms with Gasteiger partial charge in [0.25, 0.3) is 0 Å². The van der Waals surface area contributed by atoms with Crippen LogP contribution >= 0.6 is 22.6 Å². The van der Waals surface area contributed by atoms with E-state index >= 15 is 0 Å². The fourth-order valence-electron chi connectivity index (χ4n) is 9.90. The van der Waals surface area contributed by atoms with Gasteiger partial charge >= 0.3 is 5.97 Å². The standard InChI is InChI=1S/C36H53IO3/c1-23(2)9-7-10-24(3)31-15-16-32-30-14-13-27-22-29(17-19-35(27,5)33(30)18-20-36(31,32)6)39-25(4)40-34(38)26-11-8-12-28(37)21-26/h8,11-13,21,23-25,29-33H,7,9-10,14-20,22H2,1-6H3/t24-,25?,29+,30?,31-,32?,33?,35+,36-/m1/s1. The molecule has 9 atom stereocenters. The zero-order chi connectivity index (χ0) is 28.7. The molecule has 0 saturated heterocycles. The second-order valence-electron chi connectivity index (χ2n) is 14.8. The third kappa shape index (κ3) is 6.10. The molecule has 4 heteroatoms. The Morgan fingerprint density at radius 2 is 1.82 bits per heavy atom. The first-order chi connectivity index (χ1) is 19.0. The third-order valence-corrected chi connectivity index (χ3v) is 12.6. The van der Waals surface area contributed by atoms with Crippen LogP contribution in [0.5, 0.6) is 0 Å². The molecule has 0 radical (unpaired) electrons. The molecule has 3 nitrogen and oxygen atoms in total. The zero-order valence-electron chi connectivity index (χ0n) is 25.9. The number of rotatable bonds is 9. The van der Waals surface area contributed by atoms with Crippen LogP contribution in [-0.2, 0) is 9.47 Å². The predicted octanol–water partition coefficient (Wildman–Crippen LogP) is 10.2. The van der Waals surface area contributed by atoms with Gasteiger partial charge < -0.3 is 9.47 Å². The first-order valence-electron chi connectivity index (χ1n) is 16.3. The zero-order valence-corrected chi connectivity index (χ0v) is 28.0. The van der Waals surface area contributed by atoms with Gasteiger partial charge in [-0.3, -0.25) is 0 Å². The highest BCUT2D eigenvalue weighted by atomic mass is 127. The van der Waals surface area contributed by atoms with Gasteiger partial charge in [0.05, 0.1) is 11.7 Å². The Hall–Kier alpha value is -0.880. The molecule has 4 aliphatic carbocycles. The molecule has 0 N–H and O–H groups in total. The van der Waals surface area contributed by atoms with E-state index in [9.17, 15) is 4.79 Å². The van der Waals surface area contributed by atoms with Gasteiger partial charge in [-0.25, -0.2) is 4.79 Å². The Bertz CT molecular complexity index is 1080. The van der Waals surface area contributed by atoms with E-state index in [1.165, 1.54) is 57.8 Å². The molecule has 4 aliphatic rings. The summed E-state index contributed by atoms with van der Waals surface area (Å²) in [5.74, 6) is 4.87. The number of allylic oxidation sites excluding steroid dienone is 1. The summed E-state index contributed by atoms with van der Waals surface area (Å²) < 4.78 is 13.0. The van der Waals surface area contributed by atoms with Crippen LogP contribution in [-0.4, -0.2) is 18.4 Å². The van der Waals surface area contributed by atoms with E-state index in [1.54, 1.807) is 5.57 Å². The van der Waals surface area contributed by atoms with Crippen LogP contribution in [0.1, 0.15) is 123 Å². The largest absolute Gasteiger partial charge is 0.432 e. The summed E-state index contributed by atoms with van der Waals surface area (Å²) in [5, 5.41) is 0. The summed E-state index contributed by atoms with van der Waals surface area (Å²) in [4.78, 5) is 12.6. The Labute approximate surface area is 257 Å². The number of hydrogen-bond donors (Lipinski definition) is 0. The maximum atomic E-state index is 12.6. The van der Waals surface area contributed by atoms with Gasteiger partial charge in [-0.2, -0.15) is 0 Å². The molecule has 0 aliphatic heterocycles. The number of hydrogen-bond acceptors (Lipinski definition) is 3. The first kappa shape index (κ1) is 30.6. The fraction of sp³-hybridized carbons (Fsp3) is 0.750. The quantitative estimate of drug-likeness (QED) is 0.114. The van der Waals surface area contributed by atoms with Crippen LogP contribution in [0.15, 0.2) is 35.9 Å². The van der Waals surface area contributed by atoms with Crippen molar-refractivity contribution in [2.75, 3.05) is 0 Å². The summed E-state index contributed by atoms with van der Waals surface area (Å²) in [5.41, 5.74) is 3.06. The molecular weight excluding hydrogens is 607 g/mol. The monoisotopic (exact) mass is 660 g/mol. The maximum absolute atomic E-state index is 12.6. The van der Waals surface area contributed by atoms with Crippen LogP contribution in [0.4, 0.5) is 0 Å². The SMILES string of the molecule is CC(C)CCC[C@@H](C)[C@H]1CCC2C3CC=C4C[C@@H](OC(C)OC(=O)c5cccc(I)c5)CC[C@]4(C)C3CC[C@@]21C. The number of fused-ring (bicyclic) bond motifs is 5. The van der Waals surface area contributed by atoms with Crippen LogP contribution in [0.25, 0.3) is 0 Å². The maximum Gasteiger partial charge on any atom is 0.340 e. The number of carbonyl (C=O) groups excluding carboxylic acids is 1.